The largest absolute Gasteiger partial charge is 0.478 e. The SMILES string of the molecule is Cc1cc2c(cc1C(=O)O)NC(=O)/C2=C(/Nc1ccc(C(=O)NOCCN(C)C)c(C)c1)c1ccccc1. The number of carboxylic acid groups (broad SMARTS) is 1. The number of anilines is 2. The van der Waals surface area contributed by atoms with Crippen molar-refractivity contribution in [3.05, 3.63) is 94.0 Å². The first-order valence-electron chi connectivity index (χ1n) is 12.1. The number of hydrogen-bond donors (Lipinski definition) is 4. The maximum atomic E-state index is 13.2. The van der Waals surface area contributed by atoms with E-state index in [0.717, 1.165) is 11.1 Å². The van der Waals surface area contributed by atoms with Gasteiger partial charge in [-0.25, -0.2) is 10.3 Å². The smallest absolute Gasteiger partial charge is 0.336 e. The summed E-state index contributed by atoms with van der Waals surface area (Å²) in [5.41, 5.74) is 7.83. The molecular formula is C29H30N4O5. The molecule has 9 heteroatoms. The van der Waals surface area contributed by atoms with Crippen LogP contribution >= 0.6 is 0 Å². The Balaban J connectivity index is 1.69. The van der Waals surface area contributed by atoms with E-state index < -0.39 is 5.97 Å². The molecule has 0 atom stereocenters. The molecule has 38 heavy (non-hydrogen) atoms. The van der Waals surface area contributed by atoms with Crippen molar-refractivity contribution in [3.63, 3.8) is 0 Å². The molecule has 0 aliphatic carbocycles. The standard InChI is InChI=1S/C29H30N4O5/c1-17-14-20(10-11-21(17)27(34)32-38-13-12-33(3)4)30-26(19-8-6-5-7-9-19)25-23-15-18(2)22(29(36)37)16-24(23)31-28(25)35/h5-11,14-16,30H,12-13H2,1-4H3,(H,31,35)(H,32,34)(H,36,37)/b26-25+. The van der Waals surface area contributed by atoms with Crippen molar-refractivity contribution in [1.29, 1.82) is 0 Å². The maximum absolute atomic E-state index is 13.2. The summed E-state index contributed by atoms with van der Waals surface area (Å²) in [6, 6.07) is 17.9. The molecule has 1 aliphatic rings. The van der Waals surface area contributed by atoms with Crippen LogP contribution in [0.1, 0.15) is 43.0 Å². The highest BCUT2D eigenvalue weighted by molar-refractivity contribution is 6.37. The van der Waals surface area contributed by atoms with Crippen LogP contribution in [0.2, 0.25) is 0 Å². The van der Waals surface area contributed by atoms with Crippen molar-refractivity contribution >= 4 is 40.4 Å². The molecule has 2 amide bonds. The fraction of sp³-hybridized carbons (Fsp3) is 0.207. The zero-order valence-corrected chi connectivity index (χ0v) is 21.7. The van der Waals surface area contributed by atoms with Gasteiger partial charge in [0.2, 0.25) is 0 Å². The number of fused-ring (bicyclic) bond motifs is 1. The summed E-state index contributed by atoms with van der Waals surface area (Å²) >= 11 is 0. The fourth-order valence-electron chi connectivity index (χ4n) is 4.23. The second-order valence-corrected chi connectivity index (χ2v) is 9.33. The van der Waals surface area contributed by atoms with Gasteiger partial charge in [0.15, 0.2) is 0 Å². The zero-order valence-electron chi connectivity index (χ0n) is 21.7. The molecule has 4 N–H and O–H groups in total. The van der Waals surface area contributed by atoms with E-state index in [4.69, 9.17) is 4.84 Å². The van der Waals surface area contributed by atoms with Gasteiger partial charge in [0, 0.05) is 23.4 Å². The number of carbonyl (C=O) groups excluding carboxylic acids is 2. The molecule has 0 unspecified atom stereocenters. The Kier molecular flexibility index (Phi) is 7.90. The Morgan fingerprint density at radius 3 is 2.34 bits per heavy atom. The number of benzene rings is 3. The van der Waals surface area contributed by atoms with Crippen LogP contribution in [0.15, 0.2) is 60.7 Å². The van der Waals surface area contributed by atoms with Crippen LogP contribution in [-0.2, 0) is 9.63 Å². The second kappa shape index (κ2) is 11.3. The van der Waals surface area contributed by atoms with Gasteiger partial charge in [-0.15, -0.1) is 0 Å². The van der Waals surface area contributed by atoms with Gasteiger partial charge in [0.05, 0.1) is 29.1 Å². The minimum absolute atomic E-state index is 0.134. The summed E-state index contributed by atoms with van der Waals surface area (Å²) in [6.45, 7) is 4.57. The molecule has 1 heterocycles. The average molecular weight is 515 g/mol. The fourth-order valence-corrected chi connectivity index (χ4v) is 4.23. The topological polar surface area (TPSA) is 120 Å². The van der Waals surface area contributed by atoms with Gasteiger partial charge in [0.1, 0.15) is 0 Å². The first-order valence-corrected chi connectivity index (χ1v) is 12.1. The molecular weight excluding hydrogens is 484 g/mol. The number of nitrogens with zero attached hydrogens (tertiary/aromatic N) is 1. The van der Waals surface area contributed by atoms with E-state index in [1.54, 1.807) is 25.1 Å². The van der Waals surface area contributed by atoms with E-state index in [2.05, 4.69) is 16.1 Å². The number of nitrogens with one attached hydrogen (secondary N) is 3. The van der Waals surface area contributed by atoms with Crippen LogP contribution in [0, 0.1) is 13.8 Å². The highest BCUT2D eigenvalue weighted by atomic mass is 16.6. The molecule has 0 radical (unpaired) electrons. The Bertz CT molecular complexity index is 1430. The molecule has 0 saturated carbocycles. The van der Waals surface area contributed by atoms with E-state index in [1.165, 1.54) is 6.07 Å². The van der Waals surface area contributed by atoms with Gasteiger partial charge >= 0.3 is 5.97 Å². The highest BCUT2D eigenvalue weighted by Gasteiger charge is 2.30. The lowest BCUT2D eigenvalue weighted by Crippen LogP contribution is -2.28. The summed E-state index contributed by atoms with van der Waals surface area (Å²) < 4.78 is 0. The van der Waals surface area contributed by atoms with E-state index in [9.17, 15) is 19.5 Å². The van der Waals surface area contributed by atoms with Crippen molar-refractivity contribution in [2.75, 3.05) is 37.9 Å². The number of likely N-dealkylation sites (N-methyl/N-ethyl adjacent to an activating group) is 1. The summed E-state index contributed by atoms with van der Waals surface area (Å²) in [6.07, 6.45) is 0. The molecule has 0 spiro atoms. The molecule has 4 rings (SSSR count). The molecule has 1 aliphatic heterocycles. The lowest BCUT2D eigenvalue weighted by Gasteiger charge is -2.16. The number of aryl methyl sites for hydroxylation is 2. The quantitative estimate of drug-likeness (QED) is 0.192. The zero-order chi connectivity index (χ0) is 27.4. The van der Waals surface area contributed by atoms with Crippen molar-refractivity contribution in [2.24, 2.45) is 0 Å². The van der Waals surface area contributed by atoms with Gasteiger partial charge in [0.25, 0.3) is 11.8 Å². The third kappa shape index (κ3) is 5.74. The average Bonchev–Trinajstić information content (AvgIpc) is 3.19. The van der Waals surface area contributed by atoms with Crippen molar-refractivity contribution in [3.8, 4) is 0 Å². The molecule has 0 bridgehead atoms. The first kappa shape index (κ1) is 26.6. The predicted octanol–water partition coefficient (Wildman–Crippen LogP) is 4.16. The van der Waals surface area contributed by atoms with Gasteiger partial charge in [-0.3, -0.25) is 14.4 Å². The van der Waals surface area contributed by atoms with Crippen LogP contribution in [0.4, 0.5) is 11.4 Å². The van der Waals surface area contributed by atoms with Crippen LogP contribution < -0.4 is 16.1 Å². The van der Waals surface area contributed by atoms with Crippen LogP contribution in [0.25, 0.3) is 11.3 Å². The lowest BCUT2D eigenvalue weighted by atomic mass is 9.96. The van der Waals surface area contributed by atoms with Crippen LogP contribution in [0.3, 0.4) is 0 Å². The molecule has 3 aromatic carbocycles. The van der Waals surface area contributed by atoms with Crippen LogP contribution in [0.5, 0.6) is 0 Å². The third-order valence-electron chi connectivity index (χ3n) is 6.20. The molecule has 0 saturated heterocycles. The van der Waals surface area contributed by atoms with Gasteiger partial charge in [-0.05, 0) is 75.0 Å². The Labute approximate surface area is 221 Å². The number of hydrogen-bond acceptors (Lipinski definition) is 6. The monoisotopic (exact) mass is 514 g/mol. The molecule has 0 fully saturated rings. The summed E-state index contributed by atoms with van der Waals surface area (Å²) in [7, 11) is 3.84. The van der Waals surface area contributed by atoms with Crippen LogP contribution in [-0.4, -0.2) is 55.0 Å². The van der Waals surface area contributed by atoms with Crippen molar-refractivity contribution < 1.29 is 24.3 Å². The molecule has 3 aromatic rings. The van der Waals surface area contributed by atoms with Gasteiger partial charge < -0.3 is 20.6 Å². The number of hydroxylamine groups is 1. The highest BCUT2D eigenvalue weighted by Crippen LogP contribution is 2.39. The molecule has 9 nitrogen and oxygen atoms in total. The van der Waals surface area contributed by atoms with E-state index in [1.807, 2.05) is 62.3 Å². The van der Waals surface area contributed by atoms with E-state index in [0.29, 0.717) is 52.5 Å². The van der Waals surface area contributed by atoms with E-state index >= 15 is 0 Å². The second-order valence-electron chi connectivity index (χ2n) is 9.33. The summed E-state index contributed by atoms with van der Waals surface area (Å²) in [5.74, 6) is -1.74. The van der Waals surface area contributed by atoms with Crippen molar-refractivity contribution in [1.82, 2.24) is 10.4 Å². The Morgan fingerprint density at radius 1 is 0.974 bits per heavy atom. The first-order chi connectivity index (χ1) is 18.2. The van der Waals surface area contributed by atoms with E-state index in [-0.39, 0.29) is 17.4 Å². The third-order valence-corrected chi connectivity index (χ3v) is 6.20. The maximum Gasteiger partial charge on any atom is 0.336 e. The van der Waals surface area contributed by atoms with Gasteiger partial charge in [-0.2, -0.15) is 0 Å². The summed E-state index contributed by atoms with van der Waals surface area (Å²) in [4.78, 5) is 44.6. The lowest BCUT2D eigenvalue weighted by molar-refractivity contribution is -0.110. The van der Waals surface area contributed by atoms with Gasteiger partial charge in [-0.1, -0.05) is 30.3 Å². The summed E-state index contributed by atoms with van der Waals surface area (Å²) in [5, 5.41) is 15.7. The molecule has 0 aromatic heterocycles. The Morgan fingerprint density at radius 2 is 1.68 bits per heavy atom. The number of carbonyl (C=O) groups is 3. The minimum atomic E-state index is -1.05. The number of amides is 2. The Hall–Kier alpha value is -4.47. The number of rotatable bonds is 9. The predicted molar refractivity (Wildman–Crippen MR) is 147 cm³/mol. The molecule has 196 valence electrons. The number of aromatic carboxylic acids is 1. The van der Waals surface area contributed by atoms with Crippen molar-refractivity contribution in [2.45, 2.75) is 13.8 Å². The normalized spacial score (nSPS) is 13.7. The number of carboxylic acids is 1. The minimum Gasteiger partial charge on any atom is -0.478 e.